The van der Waals surface area contributed by atoms with Gasteiger partial charge in [-0.3, -0.25) is 0 Å². The van der Waals surface area contributed by atoms with E-state index in [1.165, 1.54) is 0 Å². The van der Waals surface area contributed by atoms with Crippen LogP contribution in [0.25, 0.3) is 10.2 Å². The van der Waals surface area contributed by atoms with E-state index < -0.39 is 10.0 Å². The smallest absolute Gasteiger partial charge is 0.218 e. The molecule has 4 rings (SSSR count). The molecule has 1 aliphatic heterocycles. The third-order valence-corrected chi connectivity index (χ3v) is 7.93. The minimum atomic E-state index is -3.30. The highest BCUT2D eigenvalue weighted by molar-refractivity contribution is 7.88. The first kappa shape index (κ1) is 20.3. The van der Waals surface area contributed by atoms with E-state index in [0.29, 0.717) is 19.6 Å². The number of sulfonamides is 1. The normalized spacial score (nSPS) is 15.6. The van der Waals surface area contributed by atoms with Crippen molar-refractivity contribution in [3.05, 3.63) is 52.7 Å². The third kappa shape index (κ3) is 4.60. The second-order valence-electron chi connectivity index (χ2n) is 7.32. The monoisotopic (exact) mass is 430 g/mol. The van der Waals surface area contributed by atoms with Crippen LogP contribution in [0.5, 0.6) is 0 Å². The molecule has 3 heterocycles. The molecule has 1 fully saturated rings. The number of nitrogens with one attached hydrogen (secondary N) is 1. The lowest BCUT2D eigenvalue weighted by Crippen LogP contribution is -2.36. The van der Waals surface area contributed by atoms with Gasteiger partial charge in [0.05, 0.1) is 11.1 Å². The molecule has 1 N–H and O–H groups in total. The zero-order valence-corrected chi connectivity index (χ0v) is 18.2. The van der Waals surface area contributed by atoms with Crippen molar-refractivity contribution in [3.63, 3.8) is 0 Å². The van der Waals surface area contributed by atoms with Crippen LogP contribution in [0.3, 0.4) is 0 Å². The van der Waals surface area contributed by atoms with Crippen molar-refractivity contribution < 1.29 is 8.42 Å². The molecule has 154 valence electrons. The molecule has 0 atom stereocenters. The van der Waals surface area contributed by atoms with E-state index in [9.17, 15) is 8.42 Å². The Kier molecular flexibility index (Phi) is 6.12. The molecule has 0 unspecified atom stereocenters. The van der Waals surface area contributed by atoms with Crippen LogP contribution < -0.4 is 5.32 Å². The highest BCUT2D eigenvalue weighted by atomic mass is 32.2. The lowest BCUT2D eigenvalue weighted by molar-refractivity contribution is 0.346. The molecule has 8 heteroatoms. The van der Waals surface area contributed by atoms with Crippen molar-refractivity contribution in [3.8, 4) is 0 Å². The van der Waals surface area contributed by atoms with Crippen LogP contribution in [0.15, 0.2) is 35.7 Å². The van der Waals surface area contributed by atoms with Crippen LogP contribution in [-0.2, 0) is 28.7 Å². The minimum Gasteiger partial charge on any atom is -0.365 e. The number of piperidine rings is 1. The zero-order valence-electron chi connectivity index (χ0n) is 16.6. The van der Waals surface area contributed by atoms with Crippen LogP contribution >= 0.6 is 11.3 Å². The summed E-state index contributed by atoms with van der Waals surface area (Å²) in [6, 6.07) is 9.78. The molecular weight excluding hydrogens is 404 g/mol. The molecule has 0 amide bonds. The molecule has 1 aliphatic rings. The van der Waals surface area contributed by atoms with Crippen LogP contribution in [0.2, 0.25) is 0 Å². The van der Waals surface area contributed by atoms with E-state index in [1.807, 2.05) is 42.6 Å². The Balaban J connectivity index is 1.54. The summed E-state index contributed by atoms with van der Waals surface area (Å²) in [5, 5.41) is 6.44. The van der Waals surface area contributed by atoms with Gasteiger partial charge >= 0.3 is 0 Å². The first-order chi connectivity index (χ1) is 14.1. The summed E-state index contributed by atoms with van der Waals surface area (Å²) in [6.07, 6.45) is 3.79. The number of hydrogen-bond donors (Lipinski definition) is 1. The summed E-state index contributed by atoms with van der Waals surface area (Å²) < 4.78 is 27.4. The molecule has 0 radical (unpaired) electrons. The molecule has 0 saturated carbocycles. The topological polar surface area (TPSA) is 75.2 Å². The maximum absolute atomic E-state index is 12.9. The molecule has 1 aromatic carbocycles. The van der Waals surface area contributed by atoms with Crippen molar-refractivity contribution >= 4 is 37.4 Å². The van der Waals surface area contributed by atoms with Crippen LogP contribution in [0.1, 0.15) is 43.1 Å². The van der Waals surface area contributed by atoms with Gasteiger partial charge in [-0.2, -0.15) is 0 Å². The molecular formula is C21H26N4O2S2. The van der Waals surface area contributed by atoms with E-state index in [0.717, 1.165) is 58.7 Å². The molecule has 0 spiro atoms. The summed E-state index contributed by atoms with van der Waals surface area (Å²) >= 11 is 1.60. The number of fused-ring (bicyclic) bond motifs is 1. The van der Waals surface area contributed by atoms with Crippen molar-refractivity contribution in [2.24, 2.45) is 0 Å². The van der Waals surface area contributed by atoms with Crippen molar-refractivity contribution in [1.29, 1.82) is 0 Å². The fraction of sp³-hybridized carbons (Fsp3) is 0.429. The number of nitrogens with zero attached hydrogens (tertiary/aromatic N) is 3. The number of anilines is 1. The number of aryl methyl sites for hydroxylation is 1. The van der Waals surface area contributed by atoms with E-state index in [2.05, 4.69) is 15.3 Å². The maximum atomic E-state index is 12.9. The first-order valence-electron chi connectivity index (χ1n) is 10.1. The first-order valence-corrected chi connectivity index (χ1v) is 12.6. The van der Waals surface area contributed by atoms with Crippen molar-refractivity contribution in [2.75, 3.05) is 18.4 Å². The highest BCUT2D eigenvalue weighted by Crippen LogP contribution is 2.26. The standard InChI is InChI=1S/C21H26N4O2S2/c1-2-19-23-20(18-10-13-28-21(18)24-19)22-14-16-8-4-5-9-17(16)15-29(26,27)25-11-6-3-7-12-25/h4-5,8-10,13H,2-3,6-7,11-12,14-15H2,1H3,(H,22,23,24). The molecule has 3 aromatic rings. The second kappa shape index (κ2) is 8.77. The molecule has 0 aliphatic carbocycles. The van der Waals surface area contributed by atoms with Gasteiger partial charge in [-0.05, 0) is 35.4 Å². The second-order valence-corrected chi connectivity index (χ2v) is 10.2. The Hall–Kier alpha value is -2.03. The summed E-state index contributed by atoms with van der Waals surface area (Å²) in [4.78, 5) is 10.2. The van der Waals surface area contributed by atoms with E-state index in [1.54, 1.807) is 15.6 Å². The molecule has 1 saturated heterocycles. The van der Waals surface area contributed by atoms with E-state index >= 15 is 0 Å². The van der Waals surface area contributed by atoms with Crippen LogP contribution in [-0.4, -0.2) is 35.8 Å². The predicted octanol–water partition coefficient (Wildman–Crippen LogP) is 4.18. The Labute approximate surface area is 176 Å². The third-order valence-electron chi connectivity index (χ3n) is 5.30. The van der Waals surface area contributed by atoms with Gasteiger partial charge in [-0.1, -0.05) is 37.6 Å². The minimum absolute atomic E-state index is 0.0443. The van der Waals surface area contributed by atoms with Gasteiger partial charge in [0.15, 0.2) is 0 Å². The zero-order chi connectivity index (χ0) is 20.3. The van der Waals surface area contributed by atoms with Gasteiger partial charge in [0.1, 0.15) is 16.5 Å². The maximum Gasteiger partial charge on any atom is 0.218 e. The van der Waals surface area contributed by atoms with E-state index in [-0.39, 0.29) is 5.75 Å². The Morgan fingerprint density at radius 1 is 1.07 bits per heavy atom. The van der Waals surface area contributed by atoms with Crippen LogP contribution in [0.4, 0.5) is 5.82 Å². The lowest BCUT2D eigenvalue weighted by atomic mass is 10.1. The quantitative estimate of drug-likeness (QED) is 0.609. The van der Waals surface area contributed by atoms with Gasteiger partial charge < -0.3 is 5.32 Å². The summed E-state index contributed by atoms with van der Waals surface area (Å²) in [7, 11) is -3.30. The van der Waals surface area contributed by atoms with Crippen molar-refractivity contribution in [1.82, 2.24) is 14.3 Å². The Morgan fingerprint density at radius 3 is 2.59 bits per heavy atom. The highest BCUT2D eigenvalue weighted by Gasteiger charge is 2.25. The molecule has 0 bridgehead atoms. The largest absolute Gasteiger partial charge is 0.365 e. The fourth-order valence-electron chi connectivity index (χ4n) is 3.67. The molecule has 29 heavy (non-hydrogen) atoms. The van der Waals surface area contributed by atoms with Crippen LogP contribution in [0, 0.1) is 0 Å². The van der Waals surface area contributed by atoms with Gasteiger partial charge in [-0.25, -0.2) is 22.7 Å². The predicted molar refractivity (Wildman–Crippen MR) is 119 cm³/mol. The number of hydrogen-bond acceptors (Lipinski definition) is 6. The Bertz CT molecular complexity index is 1090. The number of thiophene rings is 1. The van der Waals surface area contributed by atoms with Gasteiger partial charge in [0, 0.05) is 26.1 Å². The van der Waals surface area contributed by atoms with Crippen molar-refractivity contribution in [2.45, 2.75) is 44.9 Å². The lowest BCUT2D eigenvalue weighted by Gasteiger charge is -2.26. The average Bonchev–Trinajstić information content (AvgIpc) is 3.22. The van der Waals surface area contributed by atoms with Gasteiger partial charge in [0.25, 0.3) is 0 Å². The van der Waals surface area contributed by atoms with Gasteiger partial charge in [0.2, 0.25) is 10.0 Å². The Morgan fingerprint density at radius 2 is 1.83 bits per heavy atom. The molecule has 2 aromatic heterocycles. The van der Waals surface area contributed by atoms with Gasteiger partial charge in [-0.15, -0.1) is 11.3 Å². The number of aromatic nitrogens is 2. The fourth-order valence-corrected chi connectivity index (χ4v) is 6.13. The average molecular weight is 431 g/mol. The molecule has 6 nitrogen and oxygen atoms in total. The summed E-state index contributed by atoms with van der Waals surface area (Å²) in [6.45, 7) is 3.84. The number of benzene rings is 1. The summed E-state index contributed by atoms with van der Waals surface area (Å²) in [5.74, 6) is 1.66. The number of rotatable bonds is 7. The van der Waals surface area contributed by atoms with E-state index in [4.69, 9.17) is 0 Å². The SMILES string of the molecule is CCc1nc(NCc2ccccc2CS(=O)(=O)N2CCCCC2)c2ccsc2n1. The summed E-state index contributed by atoms with van der Waals surface area (Å²) in [5.41, 5.74) is 1.82.